The van der Waals surface area contributed by atoms with Crippen molar-refractivity contribution in [2.75, 3.05) is 37.7 Å². The Kier molecular flexibility index (Phi) is 4.20. The molecule has 1 aromatic rings. The van der Waals surface area contributed by atoms with Gasteiger partial charge in [-0.25, -0.2) is 0 Å². The molecule has 0 unspecified atom stereocenters. The van der Waals surface area contributed by atoms with Crippen LogP contribution >= 0.6 is 0 Å². The first-order valence-corrected chi connectivity index (χ1v) is 8.97. The van der Waals surface area contributed by atoms with Gasteiger partial charge >= 0.3 is 0 Å². The minimum absolute atomic E-state index is 0.777. The number of hydrogen-bond donors (Lipinski definition) is 0. The predicted molar refractivity (Wildman–Crippen MR) is 88.5 cm³/mol. The topological polar surface area (TPSA) is 28.6 Å². The average Bonchev–Trinajstić information content (AvgIpc) is 3.31. The van der Waals surface area contributed by atoms with E-state index in [9.17, 15) is 0 Å². The Bertz CT molecular complexity index is 499. The van der Waals surface area contributed by atoms with E-state index in [2.05, 4.69) is 21.9 Å². The summed E-state index contributed by atoms with van der Waals surface area (Å²) in [5, 5.41) is 0. The largest absolute Gasteiger partial charge is 0.477 e. The summed E-state index contributed by atoms with van der Waals surface area (Å²) < 4.78 is 5.83. The van der Waals surface area contributed by atoms with Gasteiger partial charge in [-0.15, -0.1) is 0 Å². The summed E-state index contributed by atoms with van der Waals surface area (Å²) in [5.41, 5.74) is 0. The van der Waals surface area contributed by atoms with Crippen LogP contribution in [0.2, 0.25) is 0 Å². The van der Waals surface area contributed by atoms with Gasteiger partial charge in [0.2, 0.25) is 5.88 Å². The van der Waals surface area contributed by atoms with Crippen molar-refractivity contribution < 1.29 is 4.74 Å². The molecule has 1 aliphatic heterocycles. The van der Waals surface area contributed by atoms with Crippen LogP contribution in [0.25, 0.3) is 0 Å². The molecule has 0 spiro atoms. The van der Waals surface area contributed by atoms with E-state index in [-0.39, 0.29) is 0 Å². The van der Waals surface area contributed by atoms with Gasteiger partial charge in [-0.05, 0) is 44.1 Å². The van der Waals surface area contributed by atoms with Crippen molar-refractivity contribution >= 4 is 5.82 Å². The molecule has 1 aromatic heterocycles. The minimum atomic E-state index is 0.777. The average molecular weight is 301 g/mol. The summed E-state index contributed by atoms with van der Waals surface area (Å²) in [4.78, 5) is 9.85. The molecule has 0 radical (unpaired) electrons. The molecule has 2 aliphatic carbocycles. The number of pyridine rings is 1. The number of nitrogens with zero attached hydrogens (tertiary/aromatic N) is 3. The lowest BCUT2D eigenvalue weighted by molar-refractivity contribution is 0.136. The van der Waals surface area contributed by atoms with Crippen LogP contribution in [0, 0.1) is 5.92 Å². The minimum Gasteiger partial charge on any atom is -0.477 e. The zero-order chi connectivity index (χ0) is 14.8. The molecule has 1 saturated heterocycles. The van der Waals surface area contributed by atoms with Crippen molar-refractivity contribution in [3.05, 3.63) is 18.2 Å². The summed E-state index contributed by atoms with van der Waals surface area (Å²) >= 11 is 0. The van der Waals surface area contributed by atoms with Crippen LogP contribution in [-0.4, -0.2) is 48.7 Å². The van der Waals surface area contributed by atoms with Gasteiger partial charge in [-0.2, -0.15) is 4.98 Å². The van der Waals surface area contributed by atoms with E-state index in [1.165, 1.54) is 51.6 Å². The van der Waals surface area contributed by atoms with E-state index in [0.29, 0.717) is 0 Å². The van der Waals surface area contributed by atoms with Crippen LogP contribution in [0.1, 0.15) is 38.5 Å². The SMILES string of the molecule is c1cc(OCC2CC2)nc(N2CCCN(C3CCC3)CC2)c1. The normalized spacial score (nSPS) is 23.9. The van der Waals surface area contributed by atoms with Gasteiger partial charge in [0, 0.05) is 38.3 Å². The van der Waals surface area contributed by atoms with Gasteiger partial charge < -0.3 is 9.64 Å². The van der Waals surface area contributed by atoms with Crippen molar-refractivity contribution in [2.45, 2.75) is 44.6 Å². The van der Waals surface area contributed by atoms with Crippen molar-refractivity contribution in [3.63, 3.8) is 0 Å². The maximum Gasteiger partial charge on any atom is 0.215 e. The van der Waals surface area contributed by atoms with Crippen LogP contribution in [0.5, 0.6) is 5.88 Å². The van der Waals surface area contributed by atoms with Gasteiger partial charge in [-0.3, -0.25) is 4.90 Å². The predicted octanol–water partition coefficient (Wildman–Crippen LogP) is 2.94. The number of anilines is 1. The highest BCUT2D eigenvalue weighted by molar-refractivity contribution is 5.40. The maximum absolute atomic E-state index is 5.83. The maximum atomic E-state index is 5.83. The highest BCUT2D eigenvalue weighted by Gasteiger charge is 2.27. The molecule has 4 nitrogen and oxygen atoms in total. The molecule has 3 aliphatic rings. The van der Waals surface area contributed by atoms with Gasteiger partial charge in [0.15, 0.2) is 0 Å². The fraction of sp³-hybridized carbons (Fsp3) is 0.722. The third-order valence-electron chi connectivity index (χ3n) is 5.32. The molecule has 0 bridgehead atoms. The third-order valence-corrected chi connectivity index (χ3v) is 5.32. The Morgan fingerprint density at radius 1 is 1.00 bits per heavy atom. The summed E-state index contributed by atoms with van der Waals surface area (Å²) in [6.45, 7) is 5.47. The fourth-order valence-electron chi connectivity index (χ4n) is 3.43. The Labute approximate surface area is 133 Å². The second-order valence-corrected chi connectivity index (χ2v) is 7.05. The molecular weight excluding hydrogens is 274 g/mol. The second-order valence-electron chi connectivity index (χ2n) is 7.05. The van der Waals surface area contributed by atoms with Crippen LogP contribution in [0.15, 0.2) is 18.2 Å². The number of hydrogen-bond acceptors (Lipinski definition) is 4. The van der Waals surface area contributed by atoms with E-state index in [1.807, 2.05) is 6.07 Å². The second kappa shape index (κ2) is 6.45. The van der Waals surface area contributed by atoms with Crippen molar-refractivity contribution in [1.29, 1.82) is 0 Å². The summed E-state index contributed by atoms with van der Waals surface area (Å²) in [6.07, 6.45) is 8.12. The Balaban J connectivity index is 1.36. The van der Waals surface area contributed by atoms with E-state index in [0.717, 1.165) is 43.4 Å². The van der Waals surface area contributed by atoms with Crippen LogP contribution < -0.4 is 9.64 Å². The zero-order valence-corrected chi connectivity index (χ0v) is 13.4. The van der Waals surface area contributed by atoms with Crippen molar-refractivity contribution in [3.8, 4) is 5.88 Å². The van der Waals surface area contributed by atoms with Gasteiger partial charge in [-0.1, -0.05) is 12.5 Å². The first kappa shape index (κ1) is 14.3. The quantitative estimate of drug-likeness (QED) is 0.836. The highest BCUT2D eigenvalue weighted by atomic mass is 16.5. The smallest absolute Gasteiger partial charge is 0.215 e. The monoisotopic (exact) mass is 301 g/mol. The molecule has 3 fully saturated rings. The molecule has 22 heavy (non-hydrogen) atoms. The molecule has 0 amide bonds. The Hall–Kier alpha value is -1.29. The van der Waals surface area contributed by atoms with Crippen LogP contribution in [0.4, 0.5) is 5.82 Å². The summed E-state index contributed by atoms with van der Waals surface area (Å²) in [5.74, 6) is 2.66. The van der Waals surface area contributed by atoms with E-state index < -0.39 is 0 Å². The first-order valence-electron chi connectivity index (χ1n) is 8.97. The third kappa shape index (κ3) is 3.37. The number of rotatable bonds is 5. The lowest BCUT2D eigenvalue weighted by Gasteiger charge is -2.36. The Morgan fingerprint density at radius 2 is 1.91 bits per heavy atom. The highest BCUT2D eigenvalue weighted by Crippen LogP contribution is 2.30. The lowest BCUT2D eigenvalue weighted by Crippen LogP contribution is -2.42. The van der Waals surface area contributed by atoms with E-state index >= 15 is 0 Å². The van der Waals surface area contributed by atoms with E-state index in [4.69, 9.17) is 9.72 Å². The molecule has 120 valence electrons. The molecule has 4 rings (SSSR count). The van der Waals surface area contributed by atoms with E-state index in [1.54, 1.807) is 0 Å². The molecule has 2 heterocycles. The number of aromatic nitrogens is 1. The number of ether oxygens (including phenoxy) is 1. The van der Waals surface area contributed by atoms with Crippen LogP contribution in [-0.2, 0) is 0 Å². The van der Waals surface area contributed by atoms with Crippen LogP contribution in [0.3, 0.4) is 0 Å². The molecule has 4 heteroatoms. The van der Waals surface area contributed by atoms with Gasteiger partial charge in [0.1, 0.15) is 5.82 Å². The fourth-order valence-corrected chi connectivity index (χ4v) is 3.43. The molecule has 2 saturated carbocycles. The molecule has 0 N–H and O–H groups in total. The standard InChI is InChI=1S/C18H27N3O/c1-4-16(5-1)20-10-3-11-21(13-12-20)17-6-2-7-18(19-17)22-14-15-8-9-15/h2,6-7,15-16H,1,3-5,8-14H2. The van der Waals surface area contributed by atoms with Crippen molar-refractivity contribution in [2.24, 2.45) is 5.92 Å². The molecule has 0 aromatic carbocycles. The van der Waals surface area contributed by atoms with Gasteiger partial charge in [0.25, 0.3) is 0 Å². The summed E-state index contributed by atoms with van der Waals surface area (Å²) in [6, 6.07) is 7.06. The lowest BCUT2D eigenvalue weighted by atomic mass is 9.91. The van der Waals surface area contributed by atoms with Crippen molar-refractivity contribution in [1.82, 2.24) is 9.88 Å². The Morgan fingerprint density at radius 3 is 2.68 bits per heavy atom. The first-order chi connectivity index (χ1) is 10.9. The zero-order valence-electron chi connectivity index (χ0n) is 13.4. The molecule has 0 atom stereocenters. The van der Waals surface area contributed by atoms with Gasteiger partial charge in [0.05, 0.1) is 6.61 Å². The molecular formula is C18H27N3O. The summed E-state index contributed by atoms with van der Waals surface area (Å²) in [7, 11) is 0.